The van der Waals surface area contributed by atoms with E-state index in [1.54, 1.807) is 16.0 Å². The molecule has 2 N–H and O–H groups in total. The highest BCUT2D eigenvalue weighted by molar-refractivity contribution is 7.99. The maximum absolute atomic E-state index is 12.3. The van der Waals surface area contributed by atoms with E-state index in [1.165, 1.54) is 12.1 Å². The van der Waals surface area contributed by atoms with Crippen LogP contribution in [0.3, 0.4) is 0 Å². The van der Waals surface area contributed by atoms with Crippen LogP contribution in [0.5, 0.6) is 0 Å². The topological polar surface area (TPSA) is 71.4 Å². The normalized spacial score (nSPS) is 15.2. The Kier molecular flexibility index (Phi) is 5.87. The van der Waals surface area contributed by atoms with Gasteiger partial charge in [-0.25, -0.2) is 4.79 Å². The fourth-order valence-electron chi connectivity index (χ4n) is 2.77. The van der Waals surface area contributed by atoms with E-state index in [1.807, 2.05) is 38.7 Å². The summed E-state index contributed by atoms with van der Waals surface area (Å²) in [7, 11) is 1.89. The van der Waals surface area contributed by atoms with Gasteiger partial charge in [-0.1, -0.05) is 0 Å². The van der Waals surface area contributed by atoms with Crippen molar-refractivity contribution in [3.63, 3.8) is 0 Å². The zero-order valence-electron chi connectivity index (χ0n) is 14.6. The minimum Gasteiger partial charge on any atom is -0.381 e. The molecule has 25 heavy (non-hydrogen) atoms. The van der Waals surface area contributed by atoms with Crippen molar-refractivity contribution in [2.45, 2.75) is 32.7 Å². The van der Waals surface area contributed by atoms with Gasteiger partial charge in [0.2, 0.25) is 0 Å². The number of aryl methyl sites for hydroxylation is 3. The summed E-state index contributed by atoms with van der Waals surface area (Å²) in [6, 6.07) is 0.0726. The Morgan fingerprint density at radius 2 is 2.20 bits per heavy atom. The highest BCUT2D eigenvalue weighted by atomic mass is 32.2. The second kappa shape index (κ2) is 8.11. The van der Waals surface area contributed by atoms with Gasteiger partial charge in [0.25, 0.3) is 0 Å². The van der Waals surface area contributed by atoms with Gasteiger partial charge in [-0.15, -0.1) is 11.3 Å². The molecule has 7 nitrogen and oxygen atoms in total. The second-order valence-electron chi connectivity index (χ2n) is 6.04. The van der Waals surface area contributed by atoms with Gasteiger partial charge < -0.3 is 10.1 Å². The maximum atomic E-state index is 12.3. The van der Waals surface area contributed by atoms with E-state index in [0.29, 0.717) is 6.04 Å². The number of aromatic nitrogens is 2. The standard InChI is InChI=1S/C16H23N5O2S2/c1-11-10-24-12(2)15(11)18-16(22)19-25-21(13-4-6-23-7-5-13)14-8-17-20(3)9-14/h8-10,13H,4-7H2,1-3H3,(H2,18,19,22). The van der Waals surface area contributed by atoms with Crippen molar-refractivity contribution in [1.82, 2.24) is 14.5 Å². The maximum Gasteiger partial charge on any atom is 0.330 e. The number of ether oxygens (including phenoxy) is 1. The van der Waals surface area contributed by atoms with Gasteiger partial charge >= 0.3 is 6.03 Å². The minimum absolute atomic E-state index is 0.226. The molecule has 2 amide bonds. The van der Waals surface area contributed by atoms with Gasteiger partial charge in [-0.3, -0.25) is 13.7 Å². The number of urea groups is 1. The van der Waals surface area contributed by atoms with Gasteiger partial charge in [0.05, 0.1) is 29.7 Å². The fraction of sp³-hybridized carbons (Fsp3) is 0.500. The number of carbonyl (C=O) groups is 1. The lowest BCUT2D eigenvalue weighted by Gasteiger charge is -2.33. The molecule has 0 bridgehead atoms. The zero-order valence-corrected chi connectivity index (χ0v) is 16.2. The largest absolute Gasteiger partial charge is 0.381 e. The molecule has 1 aliphatic rings. The second-order valence-corrected chi connectivity index (χ2v) is 7.90. The zero-order chi connectivity index (χ0) is 17.8. The molecule has 0 radical (unpaired) electrons. The summed E-state index contributed by atoms with van der Waals surface area (Å²) in [5.74, 6) is 0. The third-order valence-corrected chi connectivity index (χ3v) is 6.11. The average Bonchev–Trinajstić information content (AvgIpc) is 3.17. The summed E-state index contributed by atoms with van der Waals surface area (Å²) in [6.45, 7) is 5.48. The summed E-state index contributed by atoms with van der Waals surface area (Å²) < 4.78 is 12.2. The molecule has 0 aromatic carbocycles. The Morgan fingerprint density at radius 3 is 2.80 bits per heavy atom. The van der Waals surface area contributed by atoms with Crippen molar-refractivity contribution in [2.24, 2.45) is 7.05 Å². The van der Waals surface area contributed by atoms with Gasteiger partial charge in [0.15, 0.2) is 0 Å². The van der Waals surface area contributed by atoms with Crippen molar-refractivity contribution in [3.8, 4) is 0 Å². The van der Waals surface area contributed by atoms with Crippen LogP contribution in [-0.4, -0.2) is 35.1 Å². The van der Waals surface area contributed by atoms with E-state index in [0.717, 1.165) is 47.9 Å². The van der Waals surface area contributed by atoms with Gasteiger partial charge in [-0.2, -0.15) is 5.10 Å². The predicted octanol–water partition coefficient (Wildman–Crippen LogP) is 3.47. The number of anilines is 2. The van der Waals surface area contributed by atoms with Crippen LogP contribution in [0.1, 0.15) is 23.3 Å². The van der Waals surface area contributed by atoms with E-state index in [2.05, 4.69) is 19.4 Å². The van der Waals surface area contributed by atoms with Crippen molar-refractivity contribution in [1.29, 1.82) is 0 Å². The van der Waals surface area contributed by atoms with E-state index in [4.69, 9.17) is 4.74 Å². The number of nitrogens with zero attached hydrogens (tertiary/aromatic N) is 3. The molecule has 0 unspecified atom stereocenters. The van der Waals surface area contributed by atoms with Gasteiger partial charge in [0.1, 0.15) is 0 Å². The Bertz CT molecular complexity index is 704. The van der Waals surface area contributed by atoms with Crippen LogP contribution < -0.4 is 14.3 Å². The van der Waals surface area contributed by atoms with Crippen molar-refractivity contribution in [3.05, 3.63) is 28.2 Å². The number of amides is 2. The van der Waals surface area contributed by atoms with Gasteiger partial charge in [0, 0.05) is 37.4 Å². The number of hydrogen-bond donors (Lipinski definition) is 2. The summed E-state index contributed by atoms with van der Waals surface area (Å²) in [5, 5.41) is 9.23. The molecule has 0 saturated carbocycles. The number of rotatable bonds is 5. The van der Waals surface area contributed by atoms with Crippen LogP contribution in [0.25, 0.3) is 0 Å². The Morgan fingerprint density at radius 1 is 1.44 bits per heavy atom. The monoisotopic (exact) mass is 381 g/mol. The molecule has 3 rings (SSSR count). The number of nitrogens with one attached hydrogen (secondary N) is 2. The molecule has 0 atom stereocenters. The third kappa shape index (κ3) is 4.47. The Hall–Kier alpha value is -1.71. The third-order valence-electron chi connectivity index (χ3n) is 4.10. The Balaban J connectivity index is 1.64. The highest BCUT2D eigenvalue weighted by Gasteiger charge is 2.24. The quantitative estimate of drug-likeness (QED) is 0.776. The molecule has 1 fully saturated rings. The first-order chi connectivity index (χ1) is 12.0. The summed E-state index contributed by atoms with van der Waals surface area (Å²) >= 11 is 2.94. The van der Waals surface area contributed by atoms with E-state index in [-0.39, 0.29) is 6.03 Å². The van der Waals surface area contributed by atoms with Crippen LogP contribution in [0, 0.1) is 13.8 Å². The SMILES string of the molecule is Cc1csc(C)c1NC(=O)NSN(c1cnn(C)c1)C1CCOCC1. The number of hydrogen-bond acceptors (Lipinski definition) is 6. The molecule has 2 aromatic rings. The average molecular weight is 382 g/mol. The van der Waals surface area contributed by atoms with Crippen molar-refractivity contribution < 1.29 is 9.53 Å². The molecule has 136 valence electrons. The van der Waals surface area contributed by atoms with Crippen LogP contribution in [-0.2, 0) is 11.8 Å². The highest BCUT2D eigenvalue weighted by Crippen LogP contribution is 2.29. The van der Waals surface area contributed by atoms with Crippen molar-refractivity contribution in [2.75, 3.05) is 22.8 Å². The first kappa shape index (κ1) is 18.1. The van der Waals surface area contributed by atoms with Crippen LogP contribution in [0.15, 0.2) is 17.8 Å². The molecule has 0 aliphatic carbocycles. The number of carbonyl (C=O) groups excluding carboxylic acids is 1. The molecule has 0 spiro atoms. The molecule has 1 aliphatic heterocycles. The molecular formula is C16H23N5O2S2. The summed E-state index contributed by atoms with van der Waals surface area (Å²) in [6.07, 6.45) is 5.62. The molecule has 1 saturated heterocycles. The van der Waals surface area contributed by atoms with E-state index in [9.17, 15) is 4.79 Å². The van der Waals surface area contributed by atoms with Crippen LogP contribution in [0.2, 0.25) is 0 Å². The Labute approximate surface area is 156 Å². The summed E-state index contributed by atoms with van der Waals surface area (Å²) in [4.78, 5) is 13.4. The lowest BCUT2D eigenvalue weighted by Crippen LogP contribution is -2.38. The fourth-order valence-corrected chi connectivity index (χ4v) is 4.36. The van der Waals surface area contributed by atoms with Gasteiger partial charge in [-0.05, 0) is 37.6 Å². The predicted molar refractivity (Wildman–Crippen MR) is 103 cm³/mol. The molecule has 3 heterocycles. The van der Waals surface area contributed by atoms with Crippen LogP contribution >= 0.6 is 23.5 Å². The first-order valence-corrected chi connectivity index (χ1v) is 9.84. The minimum atomic E-state index is -0.226. The lowest BCUT2D eigenvalue weighted by molar-refractivity contribution is 0.0879. The van der Waals surface area contributed by atoms with Crippen molar-refractivity contribution >= 4 is 40.9 Å². The smallest absolute Gasteiger partial charge is 0.330 e. The lowest BCUT2D eigenvalue weighted by atomic mass is 10.1. The van der Waals surface area contributed by atoms with E-state index >= 15 is 0 Å². The molecule has 9 heteroatoms. The molecular weight excluding hydrogens is 358 g/mol. The first-order valence-electron chi connectivity index (χ1n) is 8.19. The summed E-state index contributed by atoms with van der Waals surface area (Å²) in [5.41, 5.74) is 2.95. The van der Waals surface area contributed by atoms with Crippen LogP contribution in [0.4, 0.5) is 16.2 Å². The molecule has 2 aromatic heterocycles. The van der Waals surface area contributed by atoms with E-state index < -0.39 is 0 Å². The number of thiophene rings is 1.